The van der Waals surface area contributed by atoms with Crippen LogP contribution in [0, 0.1) is 0 Å². The molecule has 4 heteroatoms. The van der Waals surface area contributed by atoms with Gasteiger partial charge in [0.05, 0.1) is 17.0 Å². The SMILES string of the molecule is CCN(C)c1ccc(/C=C2/C(=O)N(c3ccccc3)N=C2C)cc1. The third kappa shape index (κ3) is 3.08. The summed E-state index contributed by atoms with van der Waals surface area (Å²) in [7, 11) is 2.06. The highest BCUT2D eigenvalue weighted by molar-refractivity contribution is 6.32. The number of nitrogens with zero attached hydrogens (tertiary/aromatic N) is 3. The van der Waals surface area contributed by atoms with Crippen LogP contribution in [-0.4, -0.2) is 25.2 Å². The van der Waals surface area contributed by atoms with Gasteiger partial charge in [-0.15, -0.1) is 0 Å². The topological polar surface area (TPSA) is 35.9 Å². The third-order valence-corrected chi connectivity index (χ3v) is 4.18. The van der Waals surface area contributed by atoms with Crippen LogP contribution in [0.2, 0.25) is 0 Å². The lowest BCUT2D eigenvalue weighted by atomic mass is 10.1. The van der Waals surface area contributed by atoms with Crippen LogP contribution >= 0.6 is 0 Å². The summed E-state index contributed by atoms with van der Waals surface area (Å²) >= 11 is 0. The number of amides is 1. The van der Waals surface area contributed by atoms with E-state index in [1.54, 1.807) is 0 Å². The Labute approximate surface area is 142 Å². The Kier molecular flexibility index (Phi) is 4.47. The number of hydrogen-bond acceptors (Lipinski definition) is 3. The average molecular weight is 319 g/mol. The normalized spacial score (nSPS) is 15.8. The van der Waals surface area contributed by atoms with Gasteiger partial charge < -0.3 is 4.90 Å². The molecule has 1 amide bonds. The van der Waals surface area contributed by atoms with Gasteiger partial charge in [-0.05, 0) is 49.8 Å². The summed E-state index contributed by atoms with van der Waals surface area (Å²) in [6.45, 7) is 4.94. The van der Waals surface area contributed by atoms with Crippen molar-refractivity contribution in [3.05, 3.63) is 65.7 Å². The van der Waals surface area contributed by atoms with Gasteiger partial charge in [0.1, 0.15) is 0 Å². The first-order valence-electron chi connectivity index (χ1n) is 8.08. The Morgan fingerprint density at radius 2 is 1.75 bits per heavy atom. The number of anilines is 2. The number of rotatable bonds is 4. The number of para-hydroxylation sites is 1. The predicted octanol–water partition coefficient (Wildman–Crippen LogP) is 3.95. The van der Waals surface area contributed by atoms with Crippen LogP contribution in [0.5, 0.6) is 0 Å². The fourth-order valence-corrected chi connectivity index (χ4v) is 2.60. The molecule has 0 saturated carbocycles. The minimum Gasteiger partial charge on any atom is -0.375 e. The van der Waals surface area contributed by atoms with Gasteiger partial charge in [0, 0.05) is 19.3 Å². The van der Waals surface area contributed by atoms with Gasteiger partial charge in [-0.2, -0.15) is 10.1 Å². The molecule has 122 valence electrons. The molecule has 0 atom stereocenters. The van der Waals surface area contributed by atoms with E-state index in [9.17, 15) is 4.79 Å². The van der Waals surface area contributed by atoms with Crippen LogP contribution in [0.25, 0.3) is 6.08 Å². The maximum Gasteiger partial charge on any atom is 0.280 e. The number of benzene rings is 2. The largest absolute Gasteiger partial charge is 0.375 e. The van der Waals surface area contributed by atoms with Gasteiger partial charge in [0.15, 0.2) is 0 Å². The second-order valence-corrected chi connectivity index (χ2v) is 5.80. The second kappa shape index (κ2) is 6.71. The highest BCUT2D eigenvalue weighted by Gasteiger charge is 2.28. The molecule has 0 N–H and O–H groups in total. The number of hydrazone groups is 1. The minimum atomic E-state index is -0.0894. The van der Waals surface area contributed by atoms with Gasteiger partial charge in [0.2, 0.25) is 0 Å². The molecular weight excluding hydrogens is 298 g/mol. The molecule has 1 aliphatic heterocycles. The van der Waals surface area contributed by atoms with Crippen LogP contribution in [0.1, 0.15) is 19.4 Å². The second-order valence-electron chi connectivity index (χ2n) is 5.80. The summed E-state index contributed by atoms with van der Waals surface area (Å²) in [4.78, 5) is 14.8. The maximum absolute atomic E-state index is 12.7. The van der Waals surface area contributed by atoms with Crippen molar-refractivity contribution in [1.29, 1.82) is 0 Å². The molecule has 2 aromatic rings. The van der Waals surface area contributed by atoms with Crippen molar-refractivity contribution in [2.75, 3.05) is 23.5 Å². The van der Waals surface area contributed by atoms with Crippen molar-refractivity contribution in [2.45, 2.75) is 13.8 Å². The van der Waals surface area contributed by atoms with E-state index in [0.29, 0.717) is 5.57 Å². The lowest BCUT2D eigenvalue weighted by Crippen LogP contribution is -2.21. The number of carbonyl (C=O) groups excluding carboxylic acids is 1. The highest BCUT2D eigenvalue weighted by Crippen LogP contribution is 2.25. The zero-order chi connectivity index (χ0) is 17.1. The van der Waals surface area contributed by atoms with Crippen molar-refractivity contribution in [3.63, 3.8) is 0 Å². The van der Waals surface area contributed by atoms with Gasteiger partial charge in [-0.25, -0.2) is 0 Å². The summed E-state index contributed by atoms with van der Waals surface area (Å²) in [5.41, 5.74) is 4.31. The number of hydrogen-bond donors (Lipinski definition) is 0. The Bertz CT molecular complexity index is 791. The monoisotopic (exact) mass is 319 g/mol. The van der Waals surface area contributed by atoms with E-state index in [4.69, 9.17) is 0 Å². The molecule has 3 rings (SSSR count). The van der Waals surface area contributed by atoms with Crippen molar-refractivity contribution >= 4 is 29.1 Å². The first kappa shape index (κ1) is 16.0. The quantitative estimate of drug-likeness (QED) is 0.800. The van der Waals surface area contributed by atoms with Crippen LogP contribution in [0.3, 0.4) is 0 Å². The van der Waals surface area contributed by atoms with Crippen molar-refractivity contribution < 1.29 is 4.79 Å². The Morgan fingerprint density at radius 1 is 1.08 bits per heavy atom. The molecule has 0 aliphatic carbocycles. The molecule has 0 aromatic heterocycles. The summed E-state index contributed by atoms with van der Waals surface area (Å²) in [6, 6.07) is 17.7. The van der Waals surface area contributed by atoms with Crippen LogP contribution in [0.4, 0.5) is 11.4 Å². The first-order valence-corrected chi connectivity index (χ1v) is 8.08. The Hall–Kier alpha value is -2.88. The molecule has 2 aromatic carbocycles. The average Bonchev–Trinajstić information content (AvgIpc) is 2.90. The van der Waals surface area contributed by atoms with E-state index in [0.717, 1.165) is 29.2 Å². The Morgan fingerprint density at radius 3 is 2.38 bits per heavy atom. The zero-order valence-corrected chi connectivity index (χ0v) is 14.2. The smallest absolute Gasteiger partial charge is 0.280 e. The maximum atomic E-state index is 12.7. The summed E-state index contributed by atoms with van der Waals surface area (Å²) in [5.74, 6) is -0.0894. The van der Waals surface area contributed by atoms with Gasteiger partial charge in [-0.1, -0.05) is 30.3 Å². The molecule has 0 bridgehead atoms. The molecule has 0 radical (unpaired) electrons. The molecule has 0 unspecified atom stereocenters. The third-order valence-electron chi connectivity index (χ3n) is 4.18. The standard InChI is InChI=1S/C20H21N3O/c1-4-22(3)17-12-10-16(11-13-17)14-19-15(2)21-23(20(19)24)18-8-6-5-7-9-18/h5-14H,4H2,1-3H3/b19-14+. The molecule has 0 spiro atoms. The fourth-order valence-electron chi connectivity index (χ4n) is 2.60. The van der Waals surface area contributed by atoms with Crippen molar-refractivity contribution in [1.82, 2.24) is 0 Å². The predicted molar refractivity (Wildman–Crippen MR) is 100 cm³/mol. The summed E-state index contributed by atoms with van der Waals surface area (Å²) in [6.07, 6.45) is 1.90. The molecule has 24 heavy (non-hydrogen) atoms. The Balaban J connectivity index is 1.86. The summed E-state index contributed by atoms with van der Waals surface area (Å²) < 4.78 is 0. The van der Waals surface area contributed by atoms with Crippen LogP contribution < -0.4 is 9.91 Å². The molecule has 4 nitrogen and oxygen atoms in total. The van der Waals surface area contributed by atoms with Gasteiger partial charge in [0.25, 0.3) is 5.91 Å². The van der Waals surface area contributed by atoms with E-state index < -0.39 is 0 Å². The fraction of sp³-hybridized carbons (Fsp3) is 0.200. The lowest BCUT2D eigenvalue weighted by Gasteiger charge is -2.16. The van der Waals surface area contributed by atoms with E-state index in [1.807, 2.05) is 55.5 Å². The van der Waals surface area contributed by atoms with Gasteiger partial charge >= 0.3 is 0 Å². The van der Waals surface area contributed by atoms with Crippen molar-refractivity contribution in [2.24, 2.45) is 5.10 Å². The summed E-state index contributed by atoms with van der Waals surface area (Å²) in [5, 5.41) is 5.86. The minimum absolute atomic E-state index is 0.0894. The van der Waals surface area contributed by atoms with E-state index >= 15 is 0 Å². The first-order chi connectivity index (χ1) is 11.6. The van der Waals surface area contributed by atoms with Crippen molar-refractivity contribution in [3.8, 4) is 0 Å². The highest BCUT2D eigenvalue weighted by atomic mass is 16.2. The van der Waals surface area contributed by atoms with E-state index in [1.165, 1.54) is 5.01 Å². The number of carbonyl (C=O) groups is 1. The zero-order valence-electron chi connectivity index (χ0n) is 14.2. The van der Waals surface area contributed by atoms with E-state index in [-0.39, 0.29) is 5.91 Å². The van der Waals surface area contributed by atoms with Gasteiger partial charge in [-0.3, -0.25) is 4.79 Å². The molecule has 0 fully saturated rings. The van der Waals surface area contributed by atoms with E-state index in [2.05, 4.69) is 36.1 Å². The van der Waals surface area contributed by atoms with Crippen LogP contribution in [0.15, 0.2) is 65.3 Å². The van der Waals surface area contributed by atoms with Crippen LogP contribution in [-0.2, 0) is 4.79 Å². The lowest BCUT2D eigenvalue weighted by molar-refractivity contribution is -0.114. The molecule has 1 heterocycles. The molecular formula is C20H21N3O. The molecule has 0 saturated heterocycles. The molecule has 1 aliphatic rings.